The molecule has 0 aliphatic heterocycles. The predicted molar refractivity (Wildman–Crippen MR) is 133 cm³/mol. The minimum absolute atomic E-state index is 0.00240. The molecule has 7 heteroatoms. The standard InChI is InChI=1S/C25H41N3O3Si/c1-16(2)32(17(3)4,18(5)6)31-15-19-8-13-22-23(14-19)28(25(26)27-22)21-11-9-20(10-12-21)24(29)30-7/h8,13-14,16-18,20-21H,9-12,15H2,1-7H3,(H2,26,27). The Morgan fingerprint density at radius 3 is 2.22 bits per heavy atom. The molecule has 2 aromatic rings. The molecule has 1 saturated carbocycles. The zero-order chi connectivity index (χ0) is 23.6. The topological polar surface area (TPSA) is 79.4 Å². The average Bonchev–Trinajstić information content (AvgIpc) is 3.08. The Bertz CT molecular complexity index is 908. The van der Waals surface area contributed by atoms with Crippen LogP contribution in [0.25, 0.3) is 11.0 Å². The second-order valence-corrected chi connectivity index (χ2v) is 15.8. The van der Waals surface area contributed by atoms with Gasteiger partial charge in [-0.15, -0.1) is 0 Å². The summed E-state index contributed by atoms with van der Waals surface area (Å²) in [7, 11) is -0.465. The highest BCUT2D eigenvalue weighted by Gasteiger charge is 2.45. The molecule has 0 spiro atoms. The lowest BCUT2D eigenvalue weighted by Crippen LogP contribution is -2.47. The van der Waals surface area contributed by atoms with Crippen molar-refractivity contribution in [3.8, 4) is 0 Å². The van der Waals surface area contributed by atoms with E-state index in [1.807, 2.05) is 0 Å². The van der Waals surface area contributed by atoms with Gasteiger partial charge in [-0.3, -0.25) is 4.79 Å². The van der Waals surface area contributed by atoms with Gasteiger partial charge in [0.25, 0.3) is 0 Å². The Labute approximate surface area is 194 Å². The van der Waals surface area contributed by atoms with Crippen molar-refractivity contribution in [2.45, 2.75) is 96.5 Å². The maximum Gasteiger partial charge on any atom is 0.308 e. The van der Waals surface area contributed by atoms with Crippen LogP contribution >= 0.6 is 0 Å². The van der Waals surface area contributed by atoms with E-state index in [-0.39, 0.29) is 17.9 Å². The minimum atomic E-state index is -1.93. The van der Waals surface area contributed by atoms with Gasteiger partial charge in [0, 0.05) is 6.04 Å². The first kappa shape index (κ1) is 24.8. The van der Waals surface area contributed by atoms with E-state index in [0.29, 0.717) is 29.2 Å². The summed E-state index contributed by atoms with van der Waals surface area (Å²) in [6, 6.07) is 6.63. The third-order valence-corrected chi connectivity index (χ3v) is 13.6. The predicted octanol–water partition coefficient (Wildman–Crippen LogP) is 6.21. The Balaban J connectivity index is 1.84. The van der Waals surface area contributed by atoms with Crippen LogP contribution in [-0.4, -0.2) is 30.9 Å². The summed E-state index contributed by atoms with van der Waals surface area (Å²) in [5.41, 5.74) is 11.2. The molecule has 32 heavy (non-hydrogen) atoms. The smallest absolute Gasteiger partial charge is 0.308 e. The van der Waals surface area contributed by atoms with Crippen LogP contribution in [0, 0.1) is 5.92 Å². The molecule has 6 nitrogen and oxygen atoms in total. The number of anilines is 1. The van der Waals surface area contributed by atoms with Crippen LogP contribution in [0.4, 0.5) is 5.95 Å². The summed E-state index contributed by atoms with van der Waals surface area (Å²) < 4.78 is 13.9. The maximum absolute atomic E-state index is 11.9. The van der Waals surface area contributed by atoms with Crippen LogP contribution in [-0.2, 0) is 20.6 Å². The zero-order valence-corrected chi connectivity index (χ0v) is 21.9. The van der Waals surface area contributed by atoms with Crippen molar-refractivity contribution >= 4 is 31.3 Å². The number of carbonyl (C=O) groups excluding carboxylic acids is 1. The van der Waals surface area contributed by atoms with E-state index in [9.17, 15) is 4.79 Å². The number of hydrogen-bond donors (Lipinski definition) is 1. The zero-order valence-electron chi connectivity index (χ0n) is 20.9. The van der Waals surface area contributed by atoms with Crippen LogP contribution < -0.4 is 5.73 Å². The molecule has 2 N–H and O–H groups in total. The number of nitrogens with zero attached hydrogens (tertiary/aromatic N) is 2. The molecule has 0 atom stereocenters. The SMILES string of the molecule is COC(=O)C1CCC(n2c(N)nc3ccc(CO[Si](C(C)C)(C(C)C)C(C)C)cc32)CC1. The number of rotatable bonds is 8. The van der Waals surface area contributed by atoms with E-state index in [4.69, 9.17) is 14.9 Å². The van der Waals surface area contributed by atoms with Crippen molar-refractivity contribution in [1.82, 2.24) is 9.55 Å². The number of imidazole rings is 1. The molecule has 178 valence electrons. The largest absolute Gasteiger partial charge is 0.469 e. The molecule has 1 heterocycles. The number of nitrogens with two attached hydrogens (primary N) is 1. The number of methoxy groups -OCH3 is 1. The van der Waals surface area contributed by atoms with Crippen molar-refractivity contribution in [2.24, 2.45) is 5.92 Å². The third kappa shape index (κ3) is 4.60. The highest BCUT2D eigenvalue weighted by Crippen LogP contribution is 2.43. The van der Waals surface area contributed by atoms with Gasteiger partial charge in [-0.2, -0.15) is 0 Å². The molecule has 3 rings (SSSR count). The molecule has 1 aliphatic rings. The Hall–Kier alpha value is -1.86. The quantitative estimate of drug-likeness (QED) is 0.375. The first-order valence-electron chi connectivity index (χ1n) is 12.1. The van der Waals surface area contributed by atoms with Crippen LogP contribution in [0.15, 0.2) is 18.2 Å². The van der Waals surface area contributed by atoms with Gasteiger partial charge in [0.15, 0.2) is 0 Å². The molecule has 0 unspecified atom stereocenters. The van der Waals surface area contributed by atoms with Gasteiger partial charge in [0.1, 0.15) is 0 Å². The summed E-state index contributed by atoms with van der Waals surface area (Å²) in [5, 5.41) is 0. The molecule has 1 aliphatic carbocycles. The van der Waals surface area contributed by atoms with E-state index in [2.05, 4.69) is 69.3 Å². The van der Waals surface area contributed by atoms with Crippen LogP contribution in [0.5, 0.6) is 0 Å². The van der Waals surface area contributed by atoms with E-state index in [0.717, 1.165) is 36.7 Å². The second kappa shape index (κ2) is 9.95. The van der Waals surface area contributed by atoms with Gasteiger partial charge < -0.3 is 19.5 Å². The van der Waals surface area contributed by atoms with Gasteiger partial charge in [0.05, 0.1) is 30.7 Å². The van der Waals surface area contributed by atoms with Gasteiger partial charge in [0.2, 0.25) is 14.3 Å². The number of carbonyl (C=O) groups is 1. The number of fused-ring (bicyclic) bond motifs is 1. The average molecular weight is 460 g/mol. The molecule has 0 radical (unpaired) electrons. The van der Waals surface area contributed by atoms with E-state index < -0.39 is 8.32 Å². The first-order valence-corrected chi connectivity index (χ1v) is 14.2. The molecular formula is C25H41N3O3Si. The Morgan fingerprint density at radius 1 is 1.09 bits per heavy atom. The number of benzene rings is 1. The van der Waals surface area contributed by atoms with Gasteiger partial charge in [-0.05, 0) is 60.0 Å². The summed E-state index contributed by atoms with van der Waals surface area (Å²) in [4.78, 5) is 16.5. The molecule has 0 bridgehead atoms. The maximum atomic E-state index is 11.9. The van der Waals surface area contributed by atoms with Crippen molar-refractivity contribution in [2.75, 3.05) is 12.8 Å². The minimum Gasteiger partial charge on any atom is -0.469 e. The lowest BCUT2D eigenvalue weighted by Gasteiger charge is -2.42. The molecular weight excluding hydrogens is 418 g/mol. The van der Waals surface area contributed by atoms with E-state index in [1.165, 1.54) is 12.7 Å². The molecule has 0 amide bonds. The molecule has 0 saturated heterocycles. The number of hydrogen-bond acceptors (Lipinski definition) is 5. The van der Waals surface area contributed by atoms with Crippen LogP contribution in [0.1, 0.15) is 78.8 Å². The molecule has 1 fully saturated rings. The molecule has 1 aromatic heterocycles. The fraction of sp³-hybridized carbons (Fsp3) is 0.680. The lowest BCUT2D eigenvalue weighted by molar-refractivity contribution is -0.146. The number of esters is 1. The fourth-order valence-electron chi connectivity index (χ4n) is 6.08. The van der Waals surface area contributed by atoms with Crippen molar-refractivity contribution in [3.05, 3.63) is 23.8 Å². The third-order valence-electron chi connectivity index (χ3n) is 7.57. The second-order valence-electron chi connectivity index (χ2n) is 10.3. The summed E-state index contributed by atoms with van der Waals surface area (Å²) in [5.74, 6) is 0.451. The normalized spacial score (nSPS) is 19.9. The first-order chi connectivity index (χ1) is 15.1. The number of aromatic nitrogens is 2. The highest BCUT2D eigenvalue weighted by molar-refractivity contribution is 6.77. The molecule has 1 aromatic carbocycles. The van der Waals surface area contributed by atoms with Gasteiger partial charge in [-0.25, -0.2) is 4.98 Å². The summed E-state index contributed by atoms with van der Waals surface area (Å²) in [6.45, 7) is 14.5. The Kier molecular flexibility index (Phi) is 7.71. The van der Waals surface area contributed by atoms with Crippen LogP contribution in [0.2, 0.25) is 16.6 Å². The Morgan fingerprint density at radius 2 is 1.69 bits per heavy atom. The van der Waals surface area contributed by atoms with Crippen molar-refractivity contribution < 1.29 is 14.0 Å². The fourth-order valence-corrected chi connectivity index (χ4v) is 11.5. The number of ether oxygens (including phenoxy) is 1. The van der Waals surface area contributed by atoms with Crippen molar-refractivity contribution in [3.63, 3.8) is 0 Å². The van der Waals surface area contributed by atoms with Crippen LogP contribution in [0.3, 0.4) is 0 Å². The van der Waals surface area contributed by atoms with Crippen molar-refractivity contribution in [1.29, 1.82) is 0 Å². The van der Waals surface area contributed by atoms with Gasteiger partial charge in [-0.1, -0.05) is 47.6 Å². The lowest BCUT2D eigenvalue weighted by atomic mass is 9.86. The number of nitrogen functional groups attached to an aromatic ring is 1. The highest BCUT2D eigenvalue weighted by atomic mass is 28.4. The summed E-state index contributed by atoms with van der Waals surface area (Å²) >= 11 is 0. The monoisotopic (exact) mass is 459 g/mol. The van der Waals surface area contributed by atoms with Gasteiger partial charge >= 0.3 is 5.97 Å². The summed E-state index contributed by atoms with van der Waals surface area (Å²) in [6.07, 6.45) is 3.45. The van der Waals surface area contributed by atoms with E-state index in [1.54, 1.807) is 0 Å². The van der Waals surface area contributed by atoms with E-state index >= 15 is 0 Å².